The smallest absolute Gasteiger partial charge is 0.237 e. The summed E-state index contributed by atoms with van der Waals surface area (Å²) in [6.07, 6.45) is 0.382. The molecule has 2 rings (SSSR count). The van der Waals surface area contributed by atoms with Crippen LogP contribution in [0.4, 0.5) is 0 Å². The molecule has 0 fully saturated rings. The number of ether oxygens (including phenoxy) is 1. The Morgan fingerprint density at radius 3 is 2.41 bits per heavy atom. The summed E-state index contributed by atoms with van der Waals surface area (Å²) in [6.45, 7) is 2.02. The molecule has 4 nitrogen and oxygen atoms in total. The molecule has 1 atom stereocenters. The zero-order chi connectivity index (χ0) is 16.2. The van der Waals surface area contributed by atoms with Crippen molar-refractivity contribution in [2.75, 3.05) is 0 Å². The molecule has 0 aliphatic carbocycles. The second-order valence-electron chi connectivity index (χ2n) is 5.48. The zero-order valence-electron chi connectivity index (χ0n) is 12.4. The topological polar surface area (TPSA) is 78.3 Å². The molecular weight excluding hydrogens is 300 g/mol. The number of primary amides is 1. The summed E-state index contributed by atoms with van der Waals surface area (Å²) in [5.74, 6) is 0.202. The van der Waals surface area contributed by atoms with Gasteiger partial charge in [-0.25, -0.2) is 0 Å². The Kier molecular flexibility index (Phi) is 5.06. The van der Waals surface area contributed by atoms with Crippen LogP contribution in [-0.2, 0) is 17.8 Å². The van der Waals surface area contributed by atoms with Gasteiger partial charge in [0.1, 0.15) is 12.4 Å². The van der Waals surface area contributed by atoms with Crippen molar-refractivity contribution in [3.8, 4) is 5.75 Å². The molecular formula is C17H19ClN2O2. The molecule has 116 valence electrons. The first-order valence-electron chi connectivity index (χ1n) is 6.92. The van der Waals surface area contributed by atoms with Crippen LogP contribution in [0.25, 0.3) is 0 Å². The Morgan fingerprint density at radius 1 is 1.18 bits per heavy atom. The molecule has 0 aromatic heterocycles. The summed E-state index contributed by atoms with van der Waals surface area (Å²) in [6, 6.07) is 15.0. The largest absolute Gasteiger partial charge is 0.489 e. The number of hydrogen-bond acceptors (Lipinski definition) is 3. The molecule has 22 heavy (non-hydrogen) atoms. The fourth-order valence-electron chi connectivity index (χ4n) is 1.99. The van der Waals surface area contributed by atoms with Crippen molar-refractivity contribution in [2.24, 2.45) is 11.5 Å². The summed E-state index contributed by atoms with van der Waals surface area (Å²) in [5.41, 5.74) is 11.9. The highest BCUT2D eigenvalue weighted by molar-refractivity contribution is 6.31. The number of hydrogen-bond donors (Lipinski definition) is 2. The Morgan fingerprint density at radius 2 is 1.82 bits per heavy atom. The van der Waals surface area contributed by atoms with Gasteiger partial charge in [-0.05, 0) is 37.1 Å². The summed E-state index contributed by atoms with van der Waals surface area (Å²) < 4.78 is 5.70. The van der Waals surface area contributed by atoms with Gasteiger partial charge in [-0.2, -0.15) is 0 Å². The Bertz CT molecular complexity index is 654. The predicted molar refractivity (Wildman–Crippen MR) is 87.7 cm³/mol. The lowest BCUT2D eigenvalue weighted by Crippen LogP contribution is -2.51. The standard InChI is InChI=1S/C17H19ClN2O2/c1-17(20,16(19)21)10-12-6-8-14(9-7-12)22-11-13-4-2-3-5-15(13)18/h2-9H,10-11,20H2,1H3,(H2,19,21). The van der Waals surface area contributed by atoms with Crippen LogP contribution in [0.3, 0.4) is 0 Å². The van der Waals surface area contributed by atoms with Crippen molar-refractivity contribution in [2.45, 2.75) is 25.5 Å². The van der Waals surface area contributed by atoms with Crippen molar-refractivity contribution in [3.63, 3.8) is 0 Å². The molecule has 0 bridgehead atoms. The third-order valence-corrected chi connectivity index (χ3v) is 3.78. The number of nitrogens with two attached hydrogens (primary N) is 2. The normalized spacial score (nSPS) is 13.4. The van der Waals surface area contributed by atoms with Crippen molar-refractivity contribution >= 4 is 17.5 Å². The van der Waals surface area contributed by atoms with Gasteiger partial charge in [0.05, 0.1) is 5.54 Å². The van der Waals surface area contributed by atoms with Crippen LogP contribution < -0.4 is 16.2 Å². The fraction of sp³-hybridized carbons (Fsp3) is 0.235. The first-order valence-corrected chi connectivity index (χ1v) is 7.30. The van der Waals surface area contributed by atoms with Crippen molar-refractivity contribution in [3.05, 3.63) is 64.7 Å². The van der Waals surface area contributed by atoms with Gasteiger partial charge in [0.2, 0.25) is 5.91 Å². The highest BCUT2D eigenvalue weighted by atomic mass is 35.5. The minimum Gasteiger partial charge on any atom is -0.489 e. The quantitative estimate of drug-likeness (QED) is 0.859. The van der Waals surface area contributed by atoms with Crippen LogP contribution in [0, 0.1) is 0 Å². The van der Waals surface area contributed by atoms with E-state index >= 15 is 0 Å². The predicted octanol–water partition coefficient (Wildman–Crippen LogP) is 2.66. The molecule has 0 aliphatic rings. The molecule has 0 spiro atoms. The van der Waals surface area contributed by atoms with E-state index in [-0.39, 0.29) is 0 Å². The molecule has 1 amide bonds. The first kappa shape index (κ1) is 16.3. The third-order valence-electron chi connectivity index (χ3n) is 3.41. The lowest BCUT2D eigenvalue weighted by molar-refractivity contribution is -0.122. The number of amides is 1. The second kappa shape index (κ2) is 6.81. The number of halogens is 1. The van der Waals surface area contributed by atoms with Crippen LogP contribution in [0.5, 0.6) is 5.75 Å². The molecule has 2 aromatic carbocycles. The van der Waals surface area contributed by atoms with Gasteiger partial charge in [0, 0.05) is 10.6 Å². The van der Waals surface area contributed by atoms with E-state index in [1.54, 1.807) is 6.92 Å². The lowest BCUT2D eigenvalue weighted by Gasteiger charge is -2.20. The van der Waals surface area contributed by atoms with Crippen molar-refractivity contribution < 1.29 is 9.53 Å². The van der Waals surface area contributed by atoms with Gasteiger partial charge in [-0.15, -0.1) is 0 Å². The Balaban J connectivity index is 1.98. The van der Waals surface area contributed by atoms with Crippen molar-refractivity contribution in [1.82, 2.24) is 0 Å². The zero-order valence-corrected chi connectivity index (χ0v) is 13.1. The summed E-state index contributed by atoms with van der Waals surface area (Å²) in [5, 5.41) is 0.680. The van der Waals surface area contributed by atoms with Crippen LogP contribution >= 0.6 is 11.6 Å². The van der Waals surface area contributed by atoms with Gasteiger partial charge in [0.15, 0.2) is 0 Å². The monoisotopic (exact) mass is 318 g/mol. The molecule has 0 heterocycles. The van der Waals surface area contributed by atoms with E-state index in [4.69, 9.17) is 27.8 Å². The molecule has 2 aromatic rings. The Labute approximate surface area is 135 Å². The minimum absolute atomic E-state index is 0.382. The molecule has 0 saturated heterocycles. The lowest BCUT2D eigenvalue weighted by atomic mass is 9.93. The SMILES string of the molecule is CC(N)(Cc1ccc(OCc2ccccc2Cl)cc1)C(N)=O. The van der Waals surface area contributed by atoms with E-state index < -0.39 is 11.4 Å². The van der Waals surface area contributed by atoms with Gasteiger partial charge >= 0.3 is 0 Å². The van der Waals surface area contributed by atoms with Gasteiger partial charge in [-0.3, -0.25) is 4.79 Å². The summed E-state index contributed by atoms with van der Waals surface area (Å²) in [7, 11) is 0. The van der Waals surface area contributed by atoms with Gasteiger partial charge < -0.3 is 16.2 Å². The maximum atomic E-state index is 11.2. The maximum absolute atomic E-state index is 11.2. The van der Waals surface area contributed by atoms with Crippen LogP contribution in [0.1, 0.15) is 18.1 Å². The summed E-state index contributed by atoms with van der Waals surface area (Å²) in [4.78, 5) is 11.2. The fourth-order valence-corrected chi connectivity index (χ4v) is 2.18. The van der Waals surface area contributed by atoms with E-state index in [0.29, 0.717) is 18.1 Å². The molecule has 0 radical (unpaired) electrons. The Hall–Kier alpha value is -2.04. The van der Waals surface area contributed by atoms with Crippen LogP contribution in [-0.4, -0.2) is 11.4 Å². The molecule has 0 aliphatic heterocycles. The molecule has 0 saturated carbocycles. The molecule has 5 heteroatoms. The number of benzene rings is 2. The highest BCUT2D eigenvalue weighted by Gasteiger charge is 2.25. The van der Waals surface area contributed by atoms with Crippen LogP contribution in [0.15, 0.2) is 48.5 Å². The number of rotatable bonds is 6. The van der Waals surface area contributed by atoms with Crippen molar-refractivity contribution in [1.29, 1.82) is 0 Å². The van der Waals surface area contributed by atoms with E-state index in [9.17, 15) is 4.79 Å². The second-order valence-corrected chi connectivity index (χ2v) is 5.89. The number of carbonyl (C=O) groups is 1. The van der Waals surface area contributed by atoms with Gasteiger partial charge in [-0.1, -0.05) is 41.9 Å². The van der Waals surface area contributed by atoms with E-state index in [1.165, 1.54) is 0 Å². The minimum atomic E-state index is -1.06. The van der Waals surface area contributed by atoms with E-state index in [2.05, 4.69) is 0 Å². The van der Waals surface area contributed by atoms with E-state index in [0.717, 1.165) is 16.9 Å². The number of carbonyl (C=O) groups excluding carboxylic acids is 1. The maximum Gasteiger partial charge on any atom is 0.237 e. The molecule has 4 N–H and O–H groups in total. The average molecular weight is 319 g/mol. The highest BCUT2D eigenvalue weighted by Crippen LogP contribution is 2.20. The van der Waals surface area contributed by atoms with Crippen LogP contribution in [0.2, 0.25) is 5.02 Å². The van der Waals surface area contributed by atoms with E-state index in [1.807, 2.05) is 48.5 Å². The molecule has 1 unspecified atom stereocenters. The average Bonchev–Trinajstić information content (AvgIpc) is 2.47. The third kappa shape index (κ3) is 4.23. The van der Waals surface area contributed by atoms with Gasteiger partial charge in [0.25, 0.3) is 0 Å². The first-order chi connectivity index (χ1) is 10.4. The summed E-state index contributed by atoms with van der Waals surface area (Å²) >= 11 is 6.08.